The highest BCUT2D eigenvalue weighted by Crippen LogP contribution is 2.41. The second-order valence-corrected chi connectivity index (χ2v) is 7.50. The van der Waals surface area contributed by atoms with Crippen LogP contribution in [0.4, 0.5) is 8.78 Å². The lowest BCUT2D eigenvalue weighted by atomic mass is 9.73. The average Bonchev–Trinajstić information content (AvgIpc) is 2.71. The molecule has 132 valence electrons. The molecular weight excluding hydrogens is 310 g/mol. The van der Waals surface area contributed by atoms with E-state index in [1.54, 1.807) is 6.92 Å². The minimum Gasteiger partial charge on any atom is -0.346 e. The monoisotopic (exact) mass is 336 g/mol. The van der Waals surface area contributed by atoms with Gasteiger partial charge in [-0.2, -0.15) is 0 Å². The molecule has 2 aliphatic rings. The van der Waals surface area contributed by atoms with Gasteiger partial charge in [0.1, 0.15) is 11.6 Å². The molecule has 0 atom stereocenters. The molecule has 0 unspecified atom stereocenters. The smallest absolute Gasteiger partial charge is 0.222 e. The van der Waals surface area contributed by atoms with Crippen LogP contribution in [0.3, 0.4) is 0 Å². The van der Waals surface area contributed by atoms with Gasteiger partial charge in [-0.25, -0.2) is 8.78 Å². The molecule has 3 nitrogen and oxygen atoms in total. The maximum atomic E-state index is 14.2. The number of likely N-dealkylation sites (tertiary alicyclic amines) is 2. The van der Waals surface area contributed by atoms with E-state index in [0.717, 1.165) is 45.3 Å². The molecule has 1 aromatic rings. The highest BCUT2D eigenvalue weighted by molar-refractivity contribution is 5.76. The molecule has 2 heterocycles. The van der Waals surface area contributed by atoms with Crippen LogP contribution in [0.25, 0.3) is 0 Å². The van der Waals surface area contributed by atoms with E-state index < -0.39 is 11.6 Å². The van der Waals surface area contributed by atoms with Crippen LogP contribution in [-0.2, 0) is 11.3 Å². The second kappa shape index (κ2) is 6.79. The number of hydrogen-bond acceptors (Lipinski definition) is 2. The number of benzene rings is 1. The molecule has 0 aromatic heterocycles. The van der Waals surface area contributed by atoms with Gasteiger partial charge in [0, 0.05) is 32.1 Å². The predicted molar refractivity (Wildman–Crippen MR) is 89.5 cm³/mol. The highest BCUT2D eigenvalue weighted by atomic mass is 19.1. The highest BCUT2D eigenvalue weighted by Gasteiger charge is 2.37. The Kier molecular flexibility index (Phi) is 4.90. The Balaban J connectivity index is 1.64. The molecular formula is C19H26F2N2O. The first-order chi connectivity index (χ1) is 11.4. The van der Waals surface area contributed by atoms with Crippen molar-refractivity contribution < 1.29 is 13.6 Å². The van der Waals surface area contributed by atoms with E-state index in [1.807, 2.05) is 11.9 Å². The third-order valence-electron chi connectivity index (χ3n) is 5.95. The number of rotatable bonds is 2. The summed E-state index contributed by atoms with van der Waals surface area (Å²) in [4.78, 5) is 15.9. The molecule has 0 N–H and O–H groups in total. The van der Waals surface area contributed by atoms with Gasteiger partial charge < -0.3 is 4.90 Å². The molecule has 0 bridgehead atoms. The van der Waals surface area contributed by atoms with Gasteiger partial charge >= 0.3 is 0 Å². The maximum Gasteiger partial charge on any atom is 0.222 e. The summed E-state index contributed by atoms with van der Waals surface area (Å²) >= 11 is 0. The fraction of sp³-hybridized carbons (Fsp3) is 0.632. The fourth-order valence-electron chi connectivity index (χ4n) is 3.99. The first-order valence-corrected chi connectivity index (χ1v) is 8.80. The zero-order valence-electron chi connectivity index (χ0n) is 14.6. The molecule has 2 fully saturated rings. The third kappa shape index (κ3) is 3.46. The van der Waals surface area contributed by atoms with Crippen molar-refractivity contribution in [2.45, 2.75) is 45.6 Å². The summed E-state index contributed by atoms with van der Waals surface area (Å²) < 4.78 is 28.2. The van der Waals surface area contributed by atoms with Gasteiger partial charge in [-0.15, -0.1) is 0 Å². The Morgan fingerprint density at radius 2 is 1.75 bits per heavy atom. The van der Waals surface area contributed by atoms with Gasteiger partial charge in [-0.3, -0.25) is 9.69 Å². The van der Waals surface area contributed by atoms with Crippen LogP contribution in [-0.4, -0.2) is 42.4 Å². The maximum absolute atomic E-state index is 14.2. The Hall–Kier alpha value is -1.49. The normalized spacial score (nSPS) is 22.0. The molecule has 2 saturated heterocycles. The SMILES string of the molecule is Cc1ccc(F)c(CN2CCC3(CCC(=O)N(C)CC3)CC2)c1F. The van der Waals surface area contributed by atoms with Crippen LogP contribution in [0.15, 0.2) is 12.1 Å². The Morgan fingerprint density at radius 3 is 2.46 bits per heavy atom. The van der Waals surface area contributed by atoms with Crippen molar-refractivity contribution in [1.82, 2.24) is 9.80 Å². The van der Waals surface area contributed by atoms with E-state index >= 15 is 0 Å². The minimum atomic E-state index is -0.458. The molecule has 0 radical (unpaired) electrons. The number of amides is 1. The summed E-state index contributed by atoms with van der Waals surface area (Å²) in [6, 6.07) is 2.84. The van der Waals surface area contributed by atoms with Gasteiger partial charge in [-0.1, -0.05) is 6.07 Å². The summed E-state index contributed by atoms with van der Waals surface area (Å²) in [6.45, 7) is 4.49. The van der Waals surface area contributed by atoms with E-state index in [1.165, 1.54) is 12.1 Å². The van der Waals surface area contributed by atoms with Crippen molar-refractivity contribution in [2.75, 3.05) is 26.7 Å². The van der Waals surface area contributed by atoms with E-state index in [0.29, 0.717) is 18.5 Å². The van der Waals surface area contributed by atoms with Crippen LogP contribution in [0.5, 0.6) is 0 Å². The number of carbonyl (C=O) groups is 1. The summed E-state index contributed by atoms with van der Waals surface area (Å²) in [6.07, 6.45) is 4.61. The number of hydrogen-bond donors (Lipinski definition) is 0. The van der Waals surface area contributed by atoms with Crippen molar-refractivity contribution in [3.05, 3.63) is 34.9 Å². The Labute approximate surface area is 142 Å². The zero-order chi connectivity index (χ0) is 17.3. The second-order valence-electron chi connectivity index (χ2n) is 7.50. The lowest BCUT2D eigenvalue weighted by molar-refractivity contribution is -0.129. The quantitative estimate of drug-likeness (QED) is 0.825. The number of halogens is 2. The fourth-order valence-corrected chi connectivity index (χ4v) is 3.99. The average molecular weight is 336 g/mol. The van der Waals surface area contributed by atoms with Gasteiger partial charge in [0.2, 0.25) is 5.91 Å². The molecule has 1 spiro atoms. The Bertz CT molecular complexity index is 624. The van der Waals surface area contributed by atoms with Crippen molar-refractivity contribution in [1.29, 1.82) is 0 Å². The van der Waals surface area contributed by atoms with Crippen LogP contribution in [0.2, 0.25) is 0 Å². The van der Waals surface area contributed by atoms with Crippen molar-refractivity contribution in [2.24, 2.45) is 5.41 Å². The molecule has 24 heavy (non-hydrogen) atoms. The third-order valence-corrected chi connectivity index (χ3v) is 5.95. The number of nitrogens with zero attached hydrogens (tertiary/aromatic N) is 2. The summed E-state index contributed by atoms with van der Waals surface area (Å²) in [7, 11) is 1.87. The van der Waals surface area contributed by atoms with E-state index in [9.17, 15) is 13.6 Å². The molecule has 2 aliphatic heterocycles. The van der Waals surface area contributed by atoms with E-state index in [4.69, 9.17) is 0 Å². The van der Waals surface area contributed by atoms with Crippen LogP contribution < -0.4 is 0 Å². The van der Waals surface area contributed by atoms with Crippen molar-refractivity contribution in [3.63, 3.8) is 0 Å². The molecule has 0 saturated carbocycles. The Morgan fingerprint density at radius 1 is 1.08 bits per heavy atom. The first-order valence-electron chi connectivity index (χ1n) is 8.80. The number of aryl methyl sites for hydroxylation is 1. The van der Waals surface area contributed by atoms with E-state index in [2.05, 4.69) is 4.90 Å². The molecule has 1 amide bonds. The summed E-state index contributed by atoms with van der Waals surface area (Å²) in [5.74, 6) is -0.643. The topological polar surface area (TPSA) is 23.6 Å². The predicted octanol–water partition coefficient (Wildman–Crippen LogP) is 3.50. The van der Waals surface area contributed by atoms with Crippen LogP contribution in [0.1, 0.15) is 43.2 Å². The van der Waals surface area contributed by atoms with Crippen LogP contribution >= 0.6 is 0 Å². The summed E-state index contributed by atoms with van der Waals surface area (Å²) in [5, 5.41) is 0. The number of carbonyl (C=O) groups excluding carboxylic acids is 1. The van der Waals surface area contributed by atoms with Gasteiger partial charge in [0.05, 0.1) is 0 Å². The zero-order valence-corrected chi connectivity index (χ0v) is 14.6. The van der Waals surface area contributed by atoms with Crippen molar-refractivity contribution >= 4 is 5.91 Å². The molecule has 5 heteroatoms. The lowest BCUT2D eigenvalue weighted by Gasteiger charge is -2.41. The summed E-state index contributed by atoms with van der Waals surface area (Å²) in [5.41, 5.74) is 0.896. The molecule has 0 aliphatic carbocycles. The number of piperidine rings is 1. The van der Waals surface area contributed by atoms with E-state index in [-0.39, 0.29) is 16.9 Å². The minimum absolute atomic E-state index is 0.182. The first kappa shape index (κ1) is 17.3. The molecule has 1 aromatic carbocycles. The van der Waals surface area contributed by atoms with Gasteiger partial charge in [0.25, 0.3) is 0 Å². The van der Waals surface area contributed by atoms with Crippen molar-refractivity contribution in [3.8, 4) is 0 Å². The lowest BCUT2D eigenvalue weighted by Crippen LogP contribution is -2.40. The largest absolute Gasteiger partial charge is 0.346 e. The standard InChI is InChI=1S/C19H26F2N2O/c1-14-3-4-16(20)15(18(14)21)13-23-11-8-19(9-12-23)6-5-17(24)22(2)10-7-19/h3-4H,5-13H2,1-2H3. The van der Waals surface area contributed by atoms with Gasteiger partial charge in [-0.05, 0) is 62.7 Å². The van der Waals surface area contributed by atoms with Gasteiger partial charge in [0.15, 0.2) is 0 Å². The van der Waals surface area contributed by atoms with Crippen LogP contribution in [0, 0.1) is 24.0 Å². The molecule has 3 rings (SSSR count).